The van der Waals surface area contributed by atoms with Gasteiger partial charge in [0.2, 0.25) is 0 Å². The molecule has 0 aliphatic carbocycles. The maximum atomic E-state index is 2.34. The first-order valence-electron chi connectivity index (χ1n) is 5.91. The summed E-state index contributed by atoms with van der Waals surface area (Å²) in [5.74, 6) is 0. The molecule has 0 fully saturated rings. The molecule has 0 bridgehead atoms. The van der Waals surface area contributed by atoms with E-state index in [1.165, 1.54) is 16.4 Å². The van der Waals surface area contributed by atoms with E-state index in [2.05, 4.69) is 74.3 Å². The molecule has 0 amide bonds. The second-order valence-electron chi connectivity index (χ2n) is 4.35. The largest absolute Gasteiger partial charge is 0.0814 e. The van der Waals surface area contributed by atoms with Gasteiger partial charge in [-0.25, -0.2) is 0 Å². The lowest BCUT2D eigenvalue weighted by Crippen LogP contribution is -2.06. The van der Waals surface area contributed by atoms with Crippen molar-refractivity contribution in [2.75, 3.05) is 13.3 Å². The molecule has 1 heteroatoms. The fourth-order valence-corrected chi connectivity index (χ4v) is 2.98. The van der Waals surface area contributed by atoms with Crippen LogP contribution in [0.1, 0.15) is 11.1 Å². The Hall–Kier alpha value is -1.13. The van der Waals surface area contributed by atoms with Crippen LogP contribution in [0.4, 0.5) is 0 Å². The van der Waals surface area contributed by atoms with Crippen molar-refractivity contribution in [2.24, 2.45) is 0 Å². The van der Waals surface area contributed by atoms with Crippen molar-refractivity contribution in [3.05, 3.63) is 72.1 Å². The van der Waals surface area contributed by atoms with Gasteiger partial charge in [0.15, 0.2) is 0 Å². The first kappa shape index (κ1) is 12.3. The summed E-state index contributed by atoms with van der Waals surface area (Å²) >= 11 is 0. The van der Waals surface area contributed by atoms with Crippen LogP contribution in [0.5, 0.6) is 0 Å². The molecule has 87 valence electrons. The zero-order valence-corrected chi connectivity index (χ0v) is 11.3. The van der Waals surface area contributed by atoms with Crippen molar-refractivity contribution in [2.45, 2.75) is 6.42 Å². The van der Waals surface area contributed by atoms with Gasteiger partial charge in [0.25, 0.3) is 0 Å². The Labute approximate surface area is 105 Å². The molecule has 0 saturated carbocycles. The molecule has 1 radical (unpaired) electrons. The molecule has 17 heavy (non-hydrogen) atoms. The Morgan fingerprint density at radius 3 is 2.24 bits per heavy atom. The lowest BCUT2D eigenvalue weighted by molar-refractivity contribution is 1.17. The zero-order valence-electron chi connectivity index (χ0n) is 10.4. The summed E-state index contributed by atoms with van der Waals surface area (Å²) in [6.45, 7) is 4.62. The van der Waals surface area contributed by atoms with Gasteiger partial charge < -0.3 is 0 Å². The second-order valence-corrected chi connectivity index (χ2v) is 6.62. The fraction of sp³-hybridized carbons (Fsp3) is 0.188. The van der Waals surface area contributed by atoms with Crippen molar-refractivity contribution in [3.63, 3.8) is 0 Å². The van der Waals surface area contributed by atoms with Crippen LogP contribution in [0, 0.1) is 6.42 Å². The highest BCUT2D eigenvalue weighted by Gasteiger charge is 2.05. The van der Waals surface area contributed by atoms with Crippen LogP contribution in [0.25, 0.3) is 0 Å². The highest BCUT2D eigenvalue weighted by atomic mass is 31.1. The van der Waals surface area contributed by atoms with Crippen molar-refractivity contribution in [3.8, 4) is 0 Å². The van der Waals surface area contributed by atoms with E-state index in [1.807, 2.05) is 0 Å². The Kier molecular flexibility index (Phi) is 4.34. The molecule has 0 spiro atoms. The molecule has 0 unspecified atom stereocenters. The van der Waals surface area contributed by atoms with Gasteiger partial charge in [-0.2, -0.15) is 0 Å². The van der Waals surface area contributed by atoms with Gasteiger partial charge >= 0.3 is 0 Å². The highest BCUT2D eigenvalue weighted by Crippen LogP contribution is 2.26. The molecule has 0 aromatic heterocycles. The fourth-order valence-electron chi connectivity index (χ4n) is 1.91. The van der Waals surface area contributed by atoms with Gasteiger partial charge in [0.05, 0.1) is 0 Å². The minimum absolute atomic E-state index is 0.0281. The summed E-state index contributed by atoms with van der Waals surface area (Å²) in [5, 5.41) is 1.50. The quantitative estimate of drug-likeness (QED) is 0.713. The predicted molar refractivity (Wildman–Crippen MR) is 78.4 cm³/mol. The third-order valence-corrected chi connectivity index (χ3v) is 4.19. The first-order valence-corrected chi connectivity index (χ1v) is 8.14. The smallest absolute Gasteiger partial charge is 0.00429 e. The van der Waals surface area contributed by atoms with E-state index >= 15 is 0 Å². The number of hydrogen-bond donors (Lipinski definition) is 0. The zero-order chi connectivity index (χ0) is 12.1. The lowest BCUT2D eigenvalue weighted by atomic mass is 10.0. The topological polar surface area (TPSA) is 0 Å². The Morgan fingerprint density at radius 1 is 0.882 bits per heavy atom. The summed E-state index contributed by atoms with van der Waals surface area (Å²) in [6.07, 6.45) is 3.36. The maximum Gasteiger partial charge on any atom is -0.00429 e. The highest BCUT2D eigenvalue weighted by molar-refractivity contribution is 7.64. The van der Waals surface area contributed by atoms with E-state index in [0.717, 1.165) is 6.42 Å². The minimum atomic E-state index is -0.0281. The summed E-state index contributed by atoms with van der Waals surface area (Å²) in [7, 11) is -0.0281. The van der Waals surface area contributed by atoms with E-state index in [1.54, 1.807) is 0 Å². The summed E-state index contributed by atoms with van der Waals surface area (Å²) in [4.78, 5) is 0. The van der Waals surface area contributed by atoms with E-state index in [4.69, 9.17) is 0 Å². The van der Waals surface area contributed by atoms with Crippen LogP contribution in [-0.2, 0) is 6.42 Å². The summed E-state index contributed by atoms with van der Waals surface area (Å²) < 4.78 is 0. The predicted octanol–water partition coefficient (Wildman–Crippen LogP) is 3.85. The Balaban J connectivity index is 2.09. The third-order valence-electron chi connectivity index (χ3n) is 2.82. The van der Waals surface area contributed by atoms with Crippen molar-refractivity contribution in [1.82, 2.24) is 0 Å². The average molecular weight is 241 g/mol. The SMILES string of the molecule is CP(C)c1ccccc1[CH]Cc1ccccc1. The van der Waals surface area contributed by atoms with E-state index < -0.39 is 0 Å². The molecule has 0 saturated heterocycles. The molecule has 0 aliphatic heterocycles. The molecule has 0 aliphatic rings. The third kappa shape index (κ3) is 3.41. The Morgan fingerprint density at radius 2 is 1.53 bits per heavy atom. The summed E-state index contributed by atoms with van der Waals surface area (Å²) in [5.41, 5.74) is 2.77. The molecule has 0 heterocycles. The van der Waals surface area contributed by atoms with Crippen LogP contribution in [0.2, 0.25) is 0 Å². The van der Waals surface area contributed by atoms with Crippen LogP contribution in [-0.4, -0.2) is 13.3 Å². The molecule has 2 rings (SSSR count). The van der Waals surface area contributed by atoms with Crippen LogP contribution >= 0.6 is 7.92 Å². The average Bonchev–Trinajstić information content (AvgIpc) is 2.38. The first-order chi connectivity index (χ1) is 8.27. The molecule has 2 aromatic carbocycles. The van der Waals surface area contributed by atoms with Crippen molar-refractivity contribution in [1.29, 1.82) is 0 Å². The normalized spacial score (nSPS) is 10.8. The van der Waals surface area contributed by atoms with Crippen LogP contribution in [0.3, 0.4) is 0 Å². The molecular formula is C16H18P. The van der Waals surface area contributed by atoms with Gasteiger partial charge in [-0.1, -0.05) is 62.5 Å². The van der Waals surface area contributed by atoms with Gasteiger partial charge in [-0.3, -0.25) is 0 Å². The molecule has 0 N–H and O–H groups in total. The summed E-state index contributed by atoms with van der Waals surface area (Å²) in [6, 6.07) is 19.4. The van der Waals surface area contributed by atoms with Crippen LogP contribution in [0.15, 0.2) is 54.6 Å². The van der Waals surface area contributed by atoms with E-state index in [9.17, 15) is 0 Å². The van der Waals surface area contributed by atoms with Crippen molar-refractivity contribution < 1.29 is 0 Å². The maximum absolute atomic E-state index is 2.34. The number of hydrogen-bond acceptors (Lipinski definition) is 0. The van der Waals surface area contributed by atoms with Gasteiger partial charge in [-0.05, 0) is 42.6 Å². The van der Waals surface area contributed by atoms with Gasteiger partial charge in [-0.15, -0.1) is 0 Å². The van der Waals surface area contributed by atoms with Gasteiger partial charge in [0, 0.05) is 0 Å². The molecule has 2 aromatic rings. The van der Waals surface area contributed by atoms with E-state index in [0.29, 0.717) is 0 Å². The van der Waals surface area contributed by atoms with E-state index in [-0.39, 0.29) is 7.92 Å². The standard InChI is InChI=1S/C16H18P/c1-17(2)16-11-7-6-10-15(16)13-12-14-8-4-3-5-9-14/h3-11,13H,12H2,1-2H3. The minimum Gasteiger partial charge on any atom is -0.0814 e. The lowest BCUT2D eigenvalue weighted by Gasteiger charge is -2.12. The van der Waals surface area contributed by atoms with Crippen molar-refractivity contribution >= 4 is 13.2 Å². The molecule has 0 atom stereocenters. The second kappa shape index (κ2) is 5.98. The van der Waals surface area contributed by atoms with Crippen LogP contribution < -0.4 is 5.30 Å². The Bertz CT molecular complexity index is 460. The number of benzene rings is 2. The monoisotopic (exact) mass is 241 g/mol. The molecule has 0 nitrogen and oxygen atoms in total. The number of rotatable bonds is 4. The van der Waals surface area contributed by atoms with Gasteiger partial charge in [0.1, 0.15) is 0 Å². The molecular weight excluding hydrogens is 223 g/mol.